The number of rotatable bonds is 1. The number of carboxylic acid groups (broad SMARTS) is 1. The number of aryl methyl sites for hydroxylation is 1. The van der Waals surface area contributed by atoms with Crippen LogP contribution in [0, 0.1) is 0 Å². The molecular weight excluding hydrogens is 176 g/mol. The van der Waals surface area contributed by atoms with Gasteiger partial charge in [-0.15, -0.1) is 11.3 Å². The van der Waals surface area contributed by atoms with Gasteiger partial charge in [0.1, 0.15) is 0 Å². The Morgan fingerprint density at radius 1 is 1.67 bits per heavy atom. The van der Waals surface area contributed by atoms with Crippen LogP contribution in [-0.2, 0) is 16.8 Å². The number of hydrogen-bond donors (Lipinski definition) is 2. The van der Waals surface area contributed by atoms with Gasteiger partial charge in [-0.25, -0.2) is 4.79 Å². The van der Waals surface area contributed by atoms with E-state index < -0.39 is 11.6 Å². The summed E-state index contributed by atoms with van der Waals surface area (Å²) in [6, 6.07) is 1.70. The van der Waals surface area contributed by atoms with Crippen LogP contribution in [0.5, 0.6) is 0 Å². The molecule has 1 aromatic rings. The molecule has 3 nitrogen and oxygen atoms in total. The first-order valence-corrected chi connectivity index (χ1v) is 4.55. The van der Waals surface area contributed by atoms with Crippen molar-refractivity contribution in [1.82, 2.24) is 0 Å². The van der Waals surface area contributed by atoms with Gasteiger partial charge >= 0.3 is 5.97 Å². The molecule has 2 rings (SSSR count). The van der Waals surface area contributed by atoms with Gasteiger partial charge < -0.3 is 10.2 Å². The molecule has 64 valence electrons. The average Bonchev–Trinajstić information content (AvgIpc) is 2.54. The monoisotopic (exact) mass is 184 g/mol. The lowest BCUT2D eigenvalue weighted by Gasteiger charge is -2.16. The Kier molecular flexibility index (Phi) is 1.49. The molecule has 0 bridgehead atoms. The van der Waals surface area contributed by atoms with E-state index in [4.69, 9.17) is 5.11 Å². The largest absolute Gasteiger partial charge is 0.479 e. The second-order valence-corrected chi connectivity index (χ2v) is 3.92. The van der Waals surface area contributed by atoms with Crippen molar-refractivity contribution in [2.45, 2.75) is 18.4 Å². The number of fused-ring (bicyclic) bond motifs is 1. The van der Waals surface area contributed by atoms with Gasteiger partial charge in [-0.05, 0) is 24.3 Å². The van der Waals surface area contributed by atoms with Gasteiger partial charge in [-0.3, -0.25) is 0 Å². The standard InChI is InChI=1S/C8H8O3S/c9-7(10)8(11)3-1-6-5(8)2-4-12-6/h2,4,11H,1,3H2,(H,9,10). The van der Waals surface area contributed by atoms with Crippen molar-refractivity contribution >= 4 is 17.3 Å². The summed E-state index contributed by atoms with van der Waals surface area (Å²) in [6.45, 7) is 0. The summed E-state index contributed by atoms with van der Waals surface area (Å²) in [5.74, 6) is -1.14. The highest BCUT2D eigenvalue weighted by molar-refractivity contribution is 7.10. The molecule has 0 radical (unpaired) electrons. The van der Waals surface area contributed by atoms with Crippen molar-refractivity contribution in [2.75, 3.05) is 0 Å². The Bertz CT molecular complexity index is 331. The zero-order valence-corrected chi connectivity index (χ0v) is 7.10. The fourth-order valence-electron chi connectivity index (χ4n) is 1.55. The van der Waals surface area contributed by atoms with Crippen molar-refractivity contribution in [2.24, 2.45) is 0 Å². The van der Waals surface area contributed by atoms with Gasteiger partial charge in [0.25, 0.3) is 0 Å². The molecule has 1 heterocycles. The van der Waals surface area contributed by atoms with Crippen molar-refractivity contribution in [1.29, 1.82) is 0 Å². The van der Waals surface area contributed by atoms with E-state index in [1.54, 1.807) is 6.07 Å². The predicted molar refractivity (Wildman–Crippen MR) is 44.2 cm³/mol. The first-order valence-electron chi connectivity index (χ1n) is 3.67. The molecule has 0 aliphatic heterocycles. The molecule has 0 saturated heterocycles. The third-order valence-electron chi connectivity index (χ3n) is 2.26. The molecule has 4 heteroatoms. The molecular formula is C8H8O3S. The van der Waals surface area contributed by atoms with Crippen molar-refractivity contribution in [3.05, 3.63) is 21.9 Å². The van der Waals surface area contributed by atoms with Crippen LogP contribution in [0.3, 0.4) is 0 Å². The SMILES string of the molecule is O=C(O)C1(O)CCc2sccc21. The molecule has 12 heavy (non-hydrogen) atoms. The molecule has 0 saturated carbocycles. The van der Waals surface area contributed by atoms with Gasteiger partial charge in [-0.1, -0.05) is 0 Å². The quantitative estimate of drug-likeness (QED) is 0.683. The maximum atomic E-state index is 10.7. The third kappa shape index (κ3) is 0.820. The van der Waals surface area contributed by atoms with Gasteiger partial charge in [0.05, 0.1) is 0 Å². The lowest BCUT2D eigenvalue weighted by Crippen LogP contribution is -2.32. The molecule has 1 aliphatic carbocycles. The highest BCUT2D eigenvalue weighted by atomic mass is 32.1. The normalized spacial score (nSPS) is 27.1. The van der Waals surface area contributed by atoms with Gasteiger partial charge in [0.2, 0.25) is 0 Å². The highest BCUT2D eigenvalue weighted by Crippen LogP contribution is 2.39. The molecule has 0 amide bonds. The Balaban J connectivity index is 2.51. The second kappa shape index (κ2) is 2.31. The predicted octanol–water partition coefficient (Wildman–Crippen LogP) is 0.967. The van der Waals surface area contributed by atoms with Crippen LogP contribution in [0.2, 0.25) is 0 Å². The van der Waals surface area contributed by atoms with E-state index in [0.717, 1.165) is 4.88 Å². The Morgan fingerprint density at radius 3 is 3.08 bits per heavy atom. The van der Waals surface area contributed by atoms with Crippen LogP contribution in [0.15, 0.2) is 11.4 Å². The highest BCUT2D eigenvalue weighted by Gasteiger charge is 2.44. The minimum Gasteiger partial charge on any atom is -0.479 e. The van der Waals surface area contributed by atoms with Crippen molar-refractivity contribution in [3.63, 3.8) is 0 Å². The van der Waals surface area contributed by atoms with E-state index in [-0.39, 0.29) is 0 Å². The molecule has 1 unspecified atom stereocenters. The number of thiophene rings is 1. The summed E-state index contributed by atoms with van der Waals surface area (Å²) < 4.78 is 0. The van der Waals surface area contributed by atoms with Crippen LogP contribution in [0.25, 0.3) is 0 Å². The first kappa shape index (κ1) is 7.76. The molecule has 0 fully saturated rings. The Morgan fingerprint density at radius 2 is 2.42 bits per heavy atom. The zero-order chi connectivity index (χ0) is 8.77. The zero-order valence-electron chi connectivity index (χ0n) is 6.28. The summed E-state index contributed by atoms with van der Waals surface area (Å²) in [6.07, 6.45) is 0.986. The summed E-state index contributed by atoms with van der Waals surface area (Å²) >= 11 is 1.51. The van der Waals surface area contributed by atoms with E-state index in [1.807, 2.05) is 5.38 Å². The van der Waals surface area contributed by atoms with E-state index in [0.29, 0.717) is 18.4 Å². The Labute approximate surface area is 73.3 Å². The fraction of sp³-hybridized carbons (Fsp3) is 0.375. The number of aliphatic carboxylic acids is 1. The minimum atomic E-state index is -1.62. The van der Waals surface area contributed by atoms with E-state index in [2.05, 4.69) is 0 Å². The Hall–Kier alpha value is -0.870. The maximum Gasteiger partial charge on any atom is 0.340 e. The molecule has 0 spiro atoms. The lowest BCUT2D eigenvalue weighted by atomic mass is 9.99. The van der Waals surface area contributed by atoms with Gasteiger partial charge in [-0.2, -0.15) is 0 Å². The molecule has 1 aromatic heterocycles. The second-order valence-electron chi connectivity index (χ2n) is 2.92. The first-order chi connectivity index (χ1) is 5.64. The van der Waals surface area contributed by atoms with Crippen LogP contribution in [-0.4, -0.2) is 16.2 Å². The summed E-state index contributed by atoms with van der Waals surface area (Å²) in [4.78, 5) is 11.7. The van der Waals surface area contributed by atoms with E-state index >= 15 is 0 Å². The fourth-order valence-corrected chi connectivity index (χ4v) is 2.51. The number of carboxylic acids is 1. The number of aliphatic hydroxyl groups is 1. The topological polar surface area (TPSA) is 57.5 Å². The molecule has 1 atom stereocenters. The molecule has 0 aromatic carbocycles. The minimum absolute atomic E-state index is 0.310. The van der Waals surface area contributed by atoms with Crippen LogP contribution in [0.4, 0.5) is 0 Å². The molecule has 2 N–H and O–H groups in total. The van der Waals surface area contributed by atoms with Crippen molar-refractivity contribution < 1.29 is 15.0 Å². The van der Waals surface area contributed by atoms with Gasteiger partial charge in [0.15, 0.2) is 5.60 Å². The lowest BCUT2D eigenvalue weighted by molar-refractivity contribution is -0.159. The third-order valence-corrected chi connectivity index (χ3v) is 3.24. The summed E-state index contributed by atoms with van der Waals surface area (Å²) in [7, 11) is 0. The van der Waals surface area contributed by atoms with E-state index in [1.165, 1.54) is 11.3 Å². The van der Waals surface area contributed by atoms with Crippen molar-refractivity contribution in [3.8, 4) is 0 Å². The van der Waals surface area contributed by atoms with Gasteiger partial charge in [0, 0.05) is 10.4 Å². The average molecular weight is 184 g/mol. The summed E-state index contributed by atoms with van der Waals surface area (Å²) in [5.41, 5.74) is -1.03. The smallest absolute Gasteiger partial charge is 0.340 e. The summed E-state index contributed by atoms with van der Waals surface area (Å²) in [5, 5.41) is 20.3. The van der Waals surface area contributed by atoms with E-state index in [9.17, 15) is 9.90 Å². The maximum absolute atomic E-state index is 10.7. The molecule has 1 aliphatic rings. The number of carbonyl (C=O) groups is 1. The van der Waals surface area contributed by atoms with Crippen LogP contribution >= 0.6 is 11.3 Å². The van der Waals surface area contributed by atoms with Crippen LogP contribution < -0.4 is 0 Å². The number of hydrogen-bond acceptors (Lipinski definition) is 3. The van der Waals surface area contributed by atoms with Crippen LogP contribution in [0.1, 0.15) is 16.9 Å².